The van der Waals surface area contributed by atoms with E-state index in [-0.39, 0.29) is 10.8 Å². The van der Waals surface area contributed by atoms with Gasteiger partial charge in [0.2, 0.25) is 0 Å². The molecule has 0 radical (unpaired) electrons. The maximum atomic E-state index is 5.05. The minimum Gasteiger partial charge on any atom is -0.294 e. The van der Waals surface area contributed by atoms with Gasteiger partial charge in [0.25, 0.3) is 0 Å². The highest BCUT2D eigenvalue weighted by molar-refractivity contribution is 6.31. The van der Waals surface area contributed by atoms with Crippen LogP contribution in [0.5, 0.6) is 0 Å². The van der Waals surface area contributed by atoms with Crippen molar-refractivity contribution in [3.63, 3.8) is 0 Å². The van der Waals surface area contributed by atoms with Gasteiger partial charge < -0.3 is 0 Å². The molecule has 0 fully saturated rings. The molecule has 10 heterocycles. The van der Waals surface area contributed by atoms with E-state index in [9.17, 15) is 0 Å². The third-order valence-corrected chi connectivity index (χ3v) is 26.4. The van der Waals surface area contributed by atoms with Gasteiger partial charge in [-0.05, 0) is 310 Å². The molecule has 0 amide bonds. The minimum absolute atomic E-state index is 0.0616. The highest BCUT2D eigenvalue weighted by atomic mass is 15.3. The fourth-order valence-electron chi connectivity index (χ4n) is 19.8. The zero-order chi connectivity index (χ0) is 95.6. The summed E-state index contributed by atoms with van der Waals surface area (Å²) >= 11 is 0. The van der Waals surface area contributed by atoms with Crippen LogP contribution in [-0.2, 0) is 10.8 Å². The predicted molar refractivity (Wildman–Crippen MR) is 582 cm³/mol. The Morgan fingerprint density at radius 1 is 0.164 bits per heavy atom. The van der Waals surface area contributed by atoms with Crippen LogP contribution < -0.4 is 29.4 Å². The molecule has 0 aliphatic rings. The van der Waals surface area contributed by atoms with Crippen LogP contribution in [-0.4, -0.2) is 49.8 Å². The van der Waals surface area contributed by atoms with Gasteiger partial charge in [0, 0.05) is 103 Å². The number of aryl methyl sites for hydroxylation is 6. The summed E-state index contributed by atoms with van der Waals surface area (Å²) in [6, 6.07) is 132. The van der Waals surface area contributed by atoms with Gasteiger partial charge in [0.1, 0.15) is 58.2 Å². The molecule has 16 heteroatoms. The molecule has 0 saturated heterocycles. The summed E-state index contributed by atoms with van der Waals surface area (Å²) in [5.41, 5.74) is 17.0. The van der Waals surface area contributed by atoms with Crippen LogP contribution in [0, 0.1) is 41.5 Å². The predicted octanol–water partition coefficient (Wildman–Crippen LogP) is 33.0. The van der Waals surface area contributed by atoms with Gasteiger partial charge in [0.15, 0.2) is 0 Å². The van der Waals surface area contributed by atoms with Crippen molar-refractivity contribution in [2.24, 2.45) is 0 Å². The fraction of sp³-hybridized carbons (Fsp3) is 0.113. The molecule has 0 atom stereocenters. The van der Waals surface area contributed by atoms with E-state index in [0.29, 0.717) is 0 Å². The second-order valence-corrected chi connectivity index (χ2v) is 38.0. The Morgan fingerprint density at radius 2 is 0.343 bits per heavy atom. The van der Waals surface area contributed by atoms with E-state index in [4.69, 9.17) is 49.8 Å². The first-order valence-electron chi connectivity index (χ1n) is 47.6. The maximum absolute atomic E-state index is 5.05. The zero-order valence-electron chi connectivity index (χ0n) is 80.3. The van der Waals surface area contributed by atoms with Gasteiger partial charge in [-0.2, -0.15) is 0 Å². The number of hydrogen-bond acceptors (Lipinski definition) is 16. The van der Waals surface area contributed by atoms with Crippen LogP contribution >= 0.6 is 0 Å². The highest BCUT2D eigenvalue weighted by Gasteiger charge is 2.30. The van der Waals surface area contributed by atoms with Crippen LogP contribution in [0.2, 0.25) is 0 Å². The van der Waals surface area contributed by atoms with Crippen molar-refractivity contribution in [1.82, 2.24) is 49.8 Å². The summed E-state index contributed by atoms with van der Waals surface area (Å²) in [5.74, 6) is 8.35. The molecule has 0 saturated carbocycles. The highest BCUT2D eigenvalue weighted by Crippen LogP contribution is 2.53. The Kier molecular flexibility index (Phi) is 22.8. The lowest BCUT2D eigenvalue weighted by Gasteiger charge is -2.29. The van der Waals surface area contributed by atoms with Crippen LogP contribution in [0.1, 0.15) is 86.8 Å². The molecule has 140 heavy (non-hydrogen) atoms. The molecule has 678 valence electrons. The van der Waals surface area contributed by atoms with Gasteiger partial charge >= 0.3 is 0 Å². The monoisotopic (exact) mass is 1810 g/mol. The molecule has 0 aliphatic heterocycles. The summed E-state index contributed by atoms with van der Waals surface area (Å²) < 4.78 is 0. The molecule has 14 aromatic carbocycles. The SMILES string of the molecule is Cc1cccc(N(c2ccc(C(C)(C)C)cc2)c2ccc3ccc4c(N(c5ccc(C(C)(C)C)cc5)c5cccc(C)n5)ccc5ccc2c3c54)n1.Cc1cccc(N(c2cccc(C)n2)c2ccc3ccc4c(N(c5cccc(C)n5)c5cccc(C)n5)ccc5ccc2c3c54)n1.c1ccc(N(c2ccccn2)c2ccc3ccc4c(N(c5ccccn5)c5ccccn5)ccc5ccc2c3c54)nc1. The van der Waals surface area contributed by atoms with Gasteiger partial charge in [-0.25, -0.2) is 49.8 Å². The van der Waals surface area contributed by atoms with Crippen molar-refractivity contribution in [2.75, 3.05) is 29.4 Å². The first-order chi connectivity index (χ1) is 68.2. The molecule has 0 N–H and O–H groups in total. The molecule has 24 aromatic rings. The van der Waals surface area contributed by atoms with Crippen molar-refractivity contribution in [1.29, 1.82) is 0 Å². The van der Waals surface area contributed by atoms with Gasteiger partial charge in [-0.15, -0.1) is 0 Å². The van der Waals surface area contributed by atoms with Crippen molar-refractivity contribution in [3.05, 3.63) is 446 Å². The number of pyridine rings is 10. The normalized spacial score (nSPS) is 11.7. The third kappa shape index (κ3) is 16.5. The number of nitrogens with zero attached hydrogens (tertiary/aromatic N) is 16. The first-order valence-corrected chi connectivity index (χ1v) is 47.6. The van der Waals surface area contributed by atoms with Crippen LogP contribution in [0.3, 0.4) is 0 Å². The Labute approximate surface area is 814 Å². The summed E-state index contributed by atoms with van der Waals surface area (Å²) in [5, 5.41) is 21.3. The van der Waals surface area contributed by atoms with Gasteiger partial charge in [-0.3, -0.25) is 29.4 Å². The van der Waals surface area contributed by atoms with E-state index < -0.39 is 0 Å². The summed E-state index contributed by atoms with van der Waals surface area (Å²) in [6.45, 7) is 25.8. The Balaban J connectivity index is 0.000000121. The number of rotatable bonds is 18. The topological polar surface area (TPSA) is 148 Å². The van der Waals surface area contributed by atoms with E-state index >= 15 is 0 Å². The molecule has 0 aliphatic carbocycles. The average molecular weight is 1820 g/mol. The average Bonchev–Trinajstić information content (AvgIpc) is 0.726. The summed E-state index contributed by atoms with van der Waals surface area (Å²) in [6.07, 6.45) is 7.27. The lowest BCUT2D eigenvalue weighted by Crippen LogP contribution is -2.15. The summed E-state index contributed by atoms with van der Waals surface area (Å²) in [7, 11) is 0. The molecular weight excluding hydrogens is 1710 g/mol. The first kappa shape index (κ1) is 87.8. The van der Waals surface area contributed by atoms with Crippen molar-refractivity contribution >= 4 is 201 Å². The van der Waals surface area contributed by atoms with Gasteiger partial charge in [-0.1, -0.05) is 236 Å². The van der Waals surface area contributed by atoms with E-state index in [2.05, 4.69) is 364 Å². The largest absolute Gasteiger partial charge is 0.294 e. The molecular formula is C124H102N16. The van der Waals surface area contributed by atoms with E-state index in [1.807, 2.05) is 150 Å². The summed E-state index contributed by atoms with van der Waals surface area (Å²) in [4.78, 5) is 62.0. The maximum Gasteiger partial charge on any atom is 0.139 e. The number of hydrogen-bond donors (Lipinski definition) is 0. The molecule has 24 rings (SSSR count). The zero-order valence-corrected chi connectivity index (χ0v) is 80.3. The minimum atomic E-state index is 0.0616. The van der Waals surface area contributed by atoms with Crippen LogP contribution in [0.4, 0.5) is 104 Å². The fourth-order valence-corrected chi connectivity index (χ4v) is 19.8. The molecule has 0 unspecified atom stereocenters. The van der Waals surface area contributed by atoms with E-state index in [1.54, 1.807) is 0 Å². The number of benzene rings is 14. The molecule has 0 bridgehead atoms. The Morgan fingerprint density at radius 3 is 0.529 bits per heavy atom. The van der Waals surface area contributed by atoms with Crippen molar-refractivity contribution in [2.45, 2.75) is 93.9 Å². The lowest BCUT2D eigenvalue weighted by atomic mass is 9.87. The quantitative estimate of drug-likeness (QED) is 0.0749. The number of anilines is 18. The lowest BCUT2D eigenvalue weighted by molar-refractivity contribution is 0.590. The standard InChI is InChI=1S/C48H46N4.C40H32N6.C36H24N6/c1-31-11-9-13-43(49-31)51(37-23-19-35(20-24-37)47(3,4)5)41-29-17-33-16-28-40-42(30-18-34-15-27-39(41)45(33)46(34)40)52(44-14-10-12-32(2)50-44)38-25-21-36(22-26-38)48(6,7)8;1-25-9-5-13-35(41-25)45(36-14-6-10-26(2)42-36)33-23-19-29-18-22-32-34(24-20-30-17-21-31(33)39(29)40(30)32)46(37-15-7-11-27(3)43-37)38-16-8-12-28(4)44-38;1-5-21-37-31(9-1)41(32-10-2-6-22-38-32)29-19-15-25-14-18-28-30(20-16-26-13-17-27(29)35(25)36(26)28)42(33-11-3-7-23-39-33)34-12-4-8-24-40-34/h9-30H,1-8H3;5-24H,1-4H3;1-24H. The smallest absolute Gasteiger partial charge is 0.139 e. The Hall–Kier alpha value is -17.5. The van der Waals surface area contributed by atoms with Gasteiger partial charge in [0.05, 0.1) is 34.1 Å². The molecule has 0 spiro atoms. The second kappa shape index (κ2) is 36.3. The van der Waals surface area contributed by atoms with Crippen molar-refractivity contribution in [3.8, 4) is 0 Å². The van der Waals surface area contributed by atoms with E-state index in [0.717, 1.165) is 159 Å². The Bertz CT molecular complexity index is 8020. The van der Waals surface area contributed by atoms with Crippen LogP contribution in [0.25, 0.3) is 97.0 Å². The van der Waals surface area contributed by atoms with E-state index in [1.165, 1.54) is 86.5 Å². The van der Waals surface area contributed by atoms with Crippen molar-refractivity contribution < 1.29 is 0 Å². The molecule has 16 nitrogen and oxygen atoms in total. The van der Waals surface area contributed by atoms with Crippen LogP contribution in [0.15, 0.2) is 401 Å². The third-order valence-electron chi connectivity index (χ3n) is 26.4. The number of aromatic nitrogens is 10. The second-order valence-electron chi connectivity index (χ2n) is 38.0. The molecule has 10 aromatic heterocycles.